The summed E-state index contributed by atoms with van der Waals surface area (Å²) in [6.45, 7) is 3.56. The second-order valence-corrected chi connectivity index (χ2v) is 3.84. The van der Waals surface area contributed by atoms with E-state index in [1.165, 1.54) is 19.2 Å². The predicted octanol–water partition coefficient (Wildman–Crippen LogP) is 3.35. The maximum Gasteiger partial charge on any atom is 0.197 e. The number of hydrogen-bond donors (Lipinski definition) is 0. The van der Waals surface area contributed by atoms with E-state index in [1.807, 2.05) is 0 Å². The van der Waals surface area contributed by atoms with Crippen molar-refractivity contribution in [3.63, 3.8) is 0 Å². The van der Waals surface area contributed by atoms with Crippen molar-refractivity contribution in [2.75, 3.05) is 7.11 Å². The minimum Gasteiger partial charge on any atom is -0.370 e. The molecule has 0 heterocycles. The molecule has 1 aromatic rings. The molecule has 0 radical (unpaired) electrons. The number of carbonyl (C=O) groups excluding carboxylic acids is 1. The summed E-state index contributed by atoms with van der Waals surface area (Å²) in [5.74, 6) is -2.64. The molecule has 2 nitrogen and oxygen atoms in total. The number of halogens is 2. The molecule has 0 N–H and O–H groups in total. The average Bonchev–Trinajstić information content (AvgIpc) is 2.35. The van der Waals surface area contributed by atoms with Gasteiger partial charge in [0.15, 0.2) is 17.4 Å². The van der Waals surface area contributed by atoms with Crippen LogP contribution in [0.1, 0.15) is 37.0 Å². The highest BCUT2D eigenvalue weighted by Crippen LogP contribution is 2.26. The van der Waals surface area contributed by atoms with E-state index < -0.39 is 23.0 Å². The van der Waals surface area contributed by atoms with Crippen LogP contribution in [-0.2, 0) is 4.74 Å². The van der Waals surface area contributed by atoms with Crippen LogP contribution in [0.4, 0.5) is 8.78 Å². The van der Waals surface area contributed by atoms with Gasteiger partial charge in [-0.05, 0) is 25.0 Å². The Labute approximate surface area is 99.6 Å². The molecule has 1 aromatic carbocycles. The van der Waals surface area contributed by atoms with Gasteiger partial charge < -0.3 is 4.74 Å². The fourth-order valence-corrected chi connectivity index (χ4v) is 1.88. The maximum absolute atomic E-state index is 13.5. The van der Waals surface area contributed by atoms with Crippen LogP contribution in [0.15, 0.2) is 18.2 Å². The number of methoxy groups -OCH3 is 1. The lowest BCUT2D eigenvalue weighted by atomic mass is 9.87. The second-order valence-electron chi connectivity index (χ2n) is 3.84. The molecule has 17 heavy (non-hydrogen) atoms. The molecule has 94 valence electrons. The van der Waals surface area contributed by atoms with Crippen LogP contribution >= 0.6 is 0 Å². The Bertz CT molecular complexity index is 404. The van der Waals surface area contributed by atoms with Crippen LogP contribution in [0, 0.1) is 11.6 Å². The number of ketones is 1. The lowest BCUT2D eigenvalue weighted by Crippen LogP contribution is -2.40. The Hall–Kier alpha value is -1.29. The van der Waals surface area contributed by atoms with Gasteiger partial charge in [0.25, 0.3) is 0 Å². The van der Waals surface area contributed by atoms with Crippen LogP contribution in [0.2, 0.25) is 0 Å². The highest BCUT2D eigenvalue weighted by molar-refractivity contribution is 6.02. The average molecular weight is 242 g/mol. The Morgan fingerprint density at radius 1 is 1.29 bits per heavy atom. The molecule has 0 unspecified atom stereocenters. The summed E-state index contributed by atoms with van der Waals surface area (Å²) in [6, 6.07) is 3.58. The quantitative estimate of drug-likeness (QED) is 0.740. The number of Topliss-reactive ketones (excluding diaryl/α,β-unsaturated/α-hetero) is 1. The zero-order chi connectivity index (χ0) is 13.1. The molecule has 0 spiro atoms. The normalized spacial score (nSPS) is 11.6. The summed E-state index contributed by atoms with van der Waals surface area (Å²) in [6.07, 6.45) is 0.823. The third-order valence-electron chi connectivity index (χ3n) is 3.14. The fourth-order valence-electron chi connectivity index (χ4n) is 1.88. The predicted molar refractivity (Wildman–Crippen MR) is 61.0 cm³/mol. The molecule has 0 saturated heterocycles. The SMILES string of the molecule is CCC(CC)(OC)C(=O)c1cccc(F)c1F. The van der Waals surface area contributed by atoms with E-state index in [0.717, 1.165) is 6.07 Å². The van der Waals surface area contributed by atoms with Gasteiger partial charge in [-0.25, -0.2) is 8.78 Å². The first-order valence-corrected chi connectivity index (χ1v) is 5.56. The molecule has 1 rings (SSSR count). The van der Waals surface area contributed by atoms with Gasteiger partial charge in [-0.1, -0.05) is 19.9 Å². The Morgan fingerprint density at radius 3 is 2.35 bits per heavy atom. The molecule has 0 aromatic heterocycles. The maximum atomic E-state index is 13.5. The van der Waals surface area contributed by atoms with Crippen molar-refractivity contribution in [1.29, 1.82) is 0 Å². The minimum atomic E-state index is -1.11. The van der Waals surface area contributed by atoms with E-state index in [-0.39, 0.29) is 5.56 Å². The second kappa shape index (κ2) is 5.36. The van der Waals surface area contributed by atoms with E-state index in [4.69, 9.17) is 4.74 Å². The van der Waals surface area contributed by atoms with Gasteiger partial charge in [0.1, 0.15) is 5.60 Å². The molecule has 0 atom stereocenters. The largest absolute Gasteiger partial charge is 0.370 e. The van der Waals surface area contributed by atoms with E-state index in [9.17, 15) is 13.6 Å². The summed E-state index contributed by atoms with van der Waals surface area (Å²) in [4.78, 5) is 12.2. The number of hydrogen-bond acceptors (Lipinski definition) is 2. The molecule has 0 amide bonds. The summed E-state index contributed by atoms with van der Waals surface area (Å²) >= 11 is 0. The highest BCUT2D eigenvalue weighted by Gasteiger charge is 2.37. The van der Waals surface area contributed by atoms with Crippen LogP contribution < -0.4 is 0 Å². The minimum absolute atomic E-state index is 0.254. The van der Waals surface area contributed by atoms with Crippen LogP contribution in [0.3, 0.4) is 0 Å². The van der Waals surface area contributed by atoms with Gasteiger partial charge in [-0.15, -0.1) is 0 Å². The Balaban J connectivity index is 3.24. The third-order valence-corrected chi connectivity index (χ3v) is 3.14. The zero-order valence-corrected chi connectivity index (χ0v) is 10.2. The lowest BCUT2D eigenvalue weighted by Gasteiger charge is -2.28. The smallest absolute Gasteiger partial charge is 0.197 e. The summed E-state index contributed by atoms with van der Waals surface area (Å²) in [5.41, 5.74) is -1.33. The number of ether oxygens (including phenoxy) is 1. The summed E-state index contributed by atoms with van der Waals surface area (Å²) in [7, 11) is 1.40. The molecule has 0 aliphatic heterocycles. The van der Waals surface area contributed by atoms with Gasteiger partial charge in [-0.2, -0.15) is 0 Å². The monoisotopic (exact) mass is 242 g/mol. The molecule has 0 aliphatic rings. The third kappa shape index (κ3) is 2.36. The van der Waals surface area contributed by atoms with Gasteiger partial charge in [0.2, 0.25) is 0 Å². The summed E-state index contributed by atoms with van der Waals surface area (Å²) < 4.78 is 31.8. The van der Waals surface area contributed by atoms with Crippen LogP contribution in [0.5, 0.6) is 0 Å². The van der Waals surface area contributed by atoms with Crippen molar-refractivity contribution < 1.29 is 18.3 Å². The van der Waals surface area contributed by atoms with Crippen molar-refractivity contribution in [1.82, 2.24) is 0 Å². The topological polar surface area (TPSA) is 26.3 Å². The zero-order valence-electron chi connectivity index (χ0n) is 10.2. The van der Waals surface area contributed by atoms with Crippen molar-refractivity contribution in [3.05, 3.63) is 35.4 Å². The van der Waals surface area contributed by atoms with E-state index in [2.05, 4.69) is 0 Å². The van der Waals surface area contributed by atoms with Gasteiger partial charge in [-0.3, -0.25) is 4.79 Å². The number of benzene rings is 1. The molecule has 4 heteroatoms. The molecular formula is C13H16F2O2. The van der Waals surface area contributed by atoms with Crippen molar-refractivity contribution in [3.8, 4) is 0 Å². The highest BCUT2D eigenvalue weighted by atomic mass is 19.2. The van der Waals surface area contributed by atoms with Gasteiger partial charge in [0.05, 0.1) is 5.56 Å². The van der Waals surface area contributed by atoms with Crippen LogP contribution in [0.25, 0.3) is 0 Å². The summed E-state index contributed by atoms with van der Waals surface area (Å²) in [5, 5.41) is 0. The van der Waals surface area contributed by atoms with Crippen molar-refractivity contribution in [2.45, 2.75) is 32.3 Å². The molecule has 0 fully saturated rings. The van der Waals surface area contributed by atoms with Crippen molar-refractivity contribution in [2.24, 2.45) is 0 Å². The fraction of sp³-hybridized carbons (Fsp3) is 0.462. The van der Waals surface area contributed by atoms with E-state index in [1.54, 1.807) is 13.8 Å². The van der Waals surface area contributed by atoms with E-state index >= 15 is 0 Å². The standard InChI is InChI=1S/C13H16F2O2/c1-4-13(5-2,17-3)12(16)9-7-6-8-10(14)11(9)15/h6-8H,4-5H2,1-3H3. The van der Waals surface area contributed by atoms with Gasteiger partial charge >= 0.3 is 0 Å². The first-order chi connectivity index (χ1) is 8.02. The first kappa shape index (κ1) is 13.8. The number of carbonyl (C=O) groups is 1. The van der Waals surface area contributed by atoms with Crippen LogP contribution in [-0.4, -0.2) is 18.5 Å². The van der Waals surface area contributed by atoms with E-state index in [0.29, 0.717) is 12.8 Å². The molecule has 0 bridgehead atoms. The number of rotatable bonds is 5. The first-order valence-electron chi connectivity index (χ1n) is 5.56. The molecule has 0 saturated carbocycles. The van der Waals surface area contributed by atoms with Gasteiger partial charge in [0, 0.05) is 7.11 Å². The lowest BCUT2D eigenvalue weighted by molar-refractivity contribution is -0.00298. The Morgan fingerprint density at radius 2 is 1.88 bits per heavy atom. The van der Waals surface area contributed by atoms with Crippen molar-refractivity contribution >= 4 is 5.78 Å². The Kier molecular flexibility index (Phi) is 4.34. The molecular weight excluding hydrogens is 226 g/mol. The molecule has 0 aliphatic carbocycles.